The molecule has 0 unspecified atom stereocenters. The van der Waals surface area contributed by atoms with Crippen LogP contribution in [-0.2, 0) is 0 Å². The minimum atomic E-state index is -0.130. The van der Waals surface area contributed by atoms with Gasteiger partial charge in [-0.2, -0.15) is 0 Å². The molecule has 2 aromatic carbocycles. The molecular weight excluding hydrogens is 334 g/mol. The van der Waals surface area contributed by atoms with Crippen molar-refractivity contribution in [1.82, 2.24) is 5.32 Å². The quantitative estimate of drug-likeness (QED) is 0.469. The molecule has 0 fully saturated rings. The molecule has 142 valence electrons. The number of unbranched alkanes of at least 4 members (excludes halogenated alkanes) is 4. The van der Waals surface area contributed by atoms with Crippen molar-refractivity contribution in [2.75, 3.05) is 6.54 Å². The van der Waals surface area contributed by atoms with Crippen LogP contribution in [0.2, 0.25) is 0 Å². The lowest BCUT2D eigenvalue weighted by Crippen LogP contribution is -2.24. The summed E-state index contributed by atoms with van der Waals surface area (Å²) < 4.78 is 5.98. The highest BCUT2D eigenvalue weighted by atomic mass is 16.3. The van der Waals surface area contributed by atoms with E-state index in [9.17, 15) is 4.79 Å². The summed E-state index contributed by atoms with van der Waals surface area (Å²) in [6, 6.07) is 14.3. The van der Waals surface area contributed by atoms with Crippen LogP contribution in [0.3, 0.4) is 0 Å². The lowest BCUT2D eigenvalue weighted by molar-refractivity contribution is 0.0928. The average Bonchev–Trinajstić information content (AvgIpc) is 3.04. The monoisotopic (exact) mass is 363 g/mol. The fourth-order valence-corrected chi connectivity index (χ4v) is 3.39. The van der Waals surface area contributed by atoms with Crippen LogP contribution < -0.4 is 5.32 Å². The van der Waals surface area contributed by atoms with Crippen LogP contribution in [0, 0.1) is 13.8 Å². The summed E-state index contributed by atoms with van der Waals surface area (Å²) in [7, 11) is 0. The van der Waals surface area contributed by atoms with Crippen molar-refractivity contribution in [1.29, 1.82) is 0 Å². The number of aryl methyl sites for hydroxylation is 2. The normalized spacial score (nSPS) is 11.1. The van der Waals surface area contributed by atoms with Gasteiger partial charge in [0.2, 0.25) is 5.76 Å². The molecule has 0 atom stereocenters. The Morgan fingerprint density at radius 2 is 1.63 bits per heavy atom. The van der Waals surface area contributed by atoms with Crippen LogP contribution in [0.5, 0.6) is 0 Å². The molecule has 27 heavy (non-hydrogen) atoms. The van der Waals surface area contributed by atoms with Crippen molar-refractivity contribution >= 4 is 16.9 Å². The number of carbonyl (C=O) groups excluding carboxylic acids is 1. The van der Waals surface area contributed by atoms with Gasteiger partial charge in [0.25, 0.3) is 5.91 Å². The van der Waals surface area contributed by atoms with E-state index in [2.05, 4.69) is 56.4 Å². The summed E-state index contributed by atoms with van der Waals surface area (Å²) in [5.74, 6) is 0.280. The van der Waals surface area contributed by atoms with E-state index in [0.29, 0.717) is 12.3 Å². The number of hydrogen-bond acceptors (Lipinski definition) is 2. The maximum Gasteiger partial charge on any atom is 0.287 e. The molecule has 0 bridgehead atoms. The maximum atomic E-state index is 12.8. The van der Waals surface area contributed by atoms with Crippen molar-refractivity contribution in [2.45, 2.75) is 52.9 Å². The van der Waals surface area contributed by atoms with Crippen LogP contribution >= 0.6 is 0 Å². The number of amides is 1. The fraction of sp³-hybridized carbons (Fsp3) is 0.375. The Bertz CT molecular complexity index is 906. The second-order valence-electron chi connectivity index (χ2n) is 7.34. The summed E-state index contributed by atoms with van der Waals surface area (Å²) in [6.45, 7) is 7.01. The van der Waals surface area contributed by atoms with E-state index in [-0.39, 0.29) is 5.91 Å². The van der Waals surface area contributed by atoms with E-state index in [1.807, 2.05) is 12.1 Å². The Morgan fingerprint density at radius 3 is 2.37 bits per heavy atom. The number of fused-ring (bicyclic) bond motifs is 1. The van der Waals surface area contributed by atoms with Gasteiger partial charge in [0.05, 0.1) is 0 Å². The Morgan fingerprint density at radius 1 is 0.926 bits per heavy atom. The molecule has 0 aliphatic rings. The van der Waals surface area contributed by atoms with Gasteiger partial charge in [-0.25, -0.2) is 0 Å². The van der Waals surface area contributed by atoms with E-state index < -0.39 is 0 Å². The van der Waals surface area contributed by atoms with Gasteiger partial charge in [0.15, 0.2) is 0 Å². The van der Waals surface area contributed by atoms with Gasteiger partial charge >= 0.3 is 0 Å². The molecule has 3 nitrogen and oxygen atoms in total. The van der Waals surface area contributed by atoms with E-state index in [1.165, 1.54) is 24.8 Å². The van der Waals surface area contributed by atoms with Crippen molar-refractivity contribution < 1.29 is 9.21 Å². The van der Waals surface area contributed by atoms with E-state index in [4.69, 9.17) is 4.42 Å². The van der Waals surface area contributed by atoms with Crippen molar-refractivity contribution in [3.63, 3.8) is 0 Å². The fourth-order valence-electron chi connectivity index (χ4n) is 3.39. The van der Waals surface area contributed by atoms with Crippen LogP contribution in [0.4, 0.5) is 0 Å². The van der Waals surface area contributed by atoms with Crippen LogP contribution in [0.1, 0.15) is 60.7 Å². The minimum Gasteiger partial charge on any atom is -0.450 e. The average molecular weight is 364 g/mol. The predicted molar refractivity (Wildman–Crippen MR) is 112 cm³/mol. The lowest BCUT2D eigenvalue weighted by Gasteiger charge is -2.06. The Hall–Kier alpha value is -2.55. The zero-order valence-corrected chi connectivity index (χ0v) is 16.6. The molecule has 0 aliphatic heterocycles. The molecule has 0 aliphatic carbocycles. The molecule has 0 spiro atoms. The summed E-state index contributed by atoms with van der Waals surface area (Å²) >= 11 is 0. The molecule has 3 rings (SSSR count). The number of carbonyl (C=O) groups is 1. The number of rotatable bonds is 8. The molecule has 1 amide bonds. The Balaban J connectivity index is 1.86. The molecule has 0 radical (unpaired) electrons. The number of furan rings is 1. The number of benzene rings is 2. The minimum absolute atomic E-state index is 0.130. The SMILES string of the molecule is CCCCCCCNC(=O)c1oc2ccc(C)cc2c1-c1ccc(C)cc1. The first kappa shape index (κ1) is 19.2. The summed E-state index contributed by atoms with van der Waals surface area (Å²) in [4.78, 5) is 12.8. The summed E-state index contributed by atoms with van der Waals surface area (Å²) in [5, 5.41) is 4.03. The van der Waals surface area contributed by atoms with E-state index in [0.717, 1.165) is 40.5 Å². The van der Waals surface area contributed by atoms with Gasteiger partial charge < -0.3 is 9.73 Å². The number of nitrogens with one attached hydrogen (secondary N) is 1. The van der Waals surface area contributed by atoms with Gasteiger partial charge in [-0.15, -0.1) is 0 Å². The molecule has 0 saturated heterocycles. The third-order valence-electron chi connectivity index (χ3n) is 4.96. The Labute approximate surface area is 161 Å². The lowest BCUT2D eigenvalue weighted by atomic mass is 9.99. The zero-order valence-electron chi connectivity index (χ0n) is 16.6. The predicted octanol–water partition coefficient (Wildman–Crippen LogP) is 6.42. The third-order valence-corrected chi connectivity index (χ3v) is 4.96. The van der Waals surface area contributed by atoms with Gasteiger partial charge in [0.1, 0.15) is 5.58 Å². The van der Waals surface area contributed by atoms with Crippen molar-refractivity contribution in [3.05, 3.63) is 59.4 Å². The third kappa shape index (κ3) is 4.60. The maximum absolute atomic E-state index is 12.8. The first-order valence-electron chi connectivity index (χ1n) is 9.98. The highest BCUT2D eigenvalue weighted by Crippen LogP contribution is 2.35. The second kappa shape index (κ2) is 8.90. The molecule has 0 saturated carbocycles. The van der Waals surface area contributed by atoms with Crippen LogP contribution in [0.25, 0.3) is 22.1 Å². The molecule has 3 aromatic rings. The molecule has 1 heterocycles. The largest absolute Gasteiger partial charge is 0.450 e. The molecular formula is C24H29NO2. The van der Waals surface area contributed by atoms with Crippen LogP contribution in [0.15, 0.2) is 46.9 Å². The second-order valence-corrected chi connectivity index (χ2v) is 7.34. The van der Waals surface area contributed by atoms with Crippen molar-refractivity contribution in [3.8, 4) is 11.1 Å². The highest BCUT2D eigenvalue weighted by molar-refractivity contribution is 6.08. The van der Waals surface area contributed by atoms with Gasteiger partial charge in [0, 0.05) is 17.5 Å². The van der Waals surface area contributed by atoms with E-state index >= 15 is 0 Å². The van der Waals surface area contributed by atoms with Gasteiger partial charge in [-0.1, -0.05) is 74.1 Å². The smallest absolute Gasteiger partial charge is 0.287 e. The first-order chi connectivity index (χ1) is 13.1. The van der Waals surface area contributed by atoms with Gasteiger partial charge in [-0.3, -0.25) is 4.79 Å². The standard InChI is InChI=1S/C24H29NO2/c1-4-5-6-7-8-15-25-24(26)23-22(19-12-9-17(2)10-13-19)20-16-18(3)11-14-21(20)27-23/h9-14,16H,4-8,15H2,1-3H3,(H,25,26). The highest BCUT2D eigenvalue weighted by Gasteiger charge is 2.21. The van der Waals surface area contributed by atoms with Crippen LogP contribution in [-0.4, -0.2) is 12.5 Å². The Kier molecular flexibility index (Phi) is 6.33. The molecule has 1 aromatic heterocycles. The van der Waals surface area contributed by atoms with Crippen molar-refractivity contribution in [2.24, 2.45) is 0 Å². The first-order valence-corrected chi connectivity index (χ1v) is 9.98. The van der Waals surface area contributed by atoms with Gasteiger partial charge in [-0.05, 0) is 38.0 Å². The van der Waals surface area contributed by atoms with E-state index in [1.54, 1.807) is 0 Å². The zero-order chi connectivity index (χ0) is 19.2. The summed E-state index contributed by atoms with van der Waals surface area (Å²) in [6.07, 6.45) is 5.87. The summed E-state index contributed by atoms with van der Waals surface area (Å²) in [5.41, 5.74) is 5.00. The topological polar surface area (TPSA) is 42.2 Å². The molecule has 3 heteroatoms. The molecule has 1 N–H and O–H groups in total. The number of hydrogen-bond donors (Lipinski definition) is 1.